The highest BCUT2D eigenvalue weighted by Gasteiger charge is 2.28. The van der Waals surface area contributed by atoms with Gasteiger partial charge in [-0.05, 0) is 242 Å². The van der Waals surface area contributed by atoms with E-state index < -0.39 is 0 Å². The van der Waals surface area contributed by atoms with Gasteiger partial charge in [0.15, 0.2) is 5.58 Å². The van der Waals surface area contributed by atoms with E-state index in [2.05, 4.69) is 498 Å². The molecule has 676 valence electrons. The monoisotopic (exact) mass is 1870 g/mol. The first-order chi connectivity index (χ1) is 72.4. The Labute approximate surface area is 839 Å². The third-order valence-corrected chi connectivity index (χ3v) is 31.8. The molecule has 0 spiro atoms. The van der Waals surface area contributed by atoms with Crippen LogP contribution in [0, 0.1) is 0 Å². The van der Waals surface area contributed by atoms with Crippen LogP contribution in [0.5, 0.6) is 0 Å². The maximum Gasteiger partial charge on any atom is 0.235 e. The van der Waals surface area contributed by atoms with Crippen molar-refractivity contribution in [3.05, 3.63) is 485 Å². The summed E-state index contributed by atoms with van der Waals surface area (Å²) in [6.07, 6.45) is 0. The van der Waals surface area contributed by atoms with Crippen LogP contribution < -0.4 is 0 Å². The molecule has 0 radical (unpaired) electrons. The molecule has 8 aromatic heterocycles. The van der Waals surface area contributed by atoms with Gasteiger partial charge in [-0.25, -0.2) is 19.9 Å². The van der Waals surface area contributed by atoms with Gasteiger partial charge >= 0.3 is 0 Å². The zero-order chi connectivity index (χ0) is 95.5. The molecule has 0 saturated carbocycles. The van der Waals surface area contributed by atoms with Crippen LogP contribution in [0.3, 0.4) is 0 Å². The molecule has 146 heavy (non-hydrogen) atoms. The second-order valence-electron chi connectivity index (χ2n) is 38.5. The molecule has 0 aliphatic carbocycles. The Morgan fingerprint density at radius 2 is 0.438 bits per heavy atom. The highest BCUT2D eigenvalue weighted by atomic mass is 32.1. The molecule has 32 aromatic rings. The summed E-state index contributed by atoms with van der Waals surface area (Å²) in [5.41, 5.74) is 25.2. The molecule has 0 atom stereocenters. The van der Waals surface area contributed by atoms with Gasteiger partial charge in [-0.2, -0.15) is 0 Å². The molecule has 0 saturated heterocycles. The largest absolute Gasteiger partial charge is 0.454 e. The van der Waals surface area contributed by atoms with Crippen LogP contribution in [0.1, 0.15) is 0 Å². The van der Waals surface area contributed by atoms with Crippen molar-refractivity contribution in [2.24, 2.45) is 0 Å². The lowest BCUT2D eigenvalue weighted by Crippen LogP contribution is -2.04. The summed E-state index contributed by atoms with van der Waals surface area (Å²) in [7, 11) is 0. The van der Waals surface area contributed by atoms with Crippen LogP contribution in [0.4, 0.5) is 0 Å². The first-order valence-corrected chi connectivity index (χ1v) is 50.6. The predicted molar refractivity (Wildman–Crippen MR) is 614 cm³/mol. The topological polar surface area (TPSA) is 84.4 Å². The predicted octanol–water partition coefficient (Wildman–Crippen LogP) is 36.8. The van der Waals surface area contributed by atoms with Gasteiger partial charge in [0, 0.05) is 91.6 Å². The molecule has 0 unspecified atom stereocenters. The fourth-order valence-electron chi connectivity index (χ4n) is 24.1. The van der Waals surface area contributed by atoms with Crippen molar-refractivity contribution >= 4 is 227 Å². The standard InChI is InChI=1S/C68H40N4O.C68H40N4S/c2*1-3-18-45-43(16-1)38-55(49-22-7-5-20-47(45)49)59-40-60(56-39-44-17-2-4-19-46(44)48-21-6-8-23-50(48)56)70-68(69-59)72-62-29-13-10-25-52(62)58-37-42(33-35-64(58)72)41-32-34-63-57(36-41)51-24-9-12-28-61(51)71(63)65-30-15-27-54-53-26-11-14-31-66(53)73-67(54)65/h2*1-40H. The number of furan rings is 1. The second kappa shape index (κ2) is 32.1. The highest BCUT2D eigenvalue weighted by Crippen LogP contribution is 2.50. The number of para-hydroxylation sites is 6. The molecule has 9 nitrogen and oxygen atoms in total. The van der Waals surface area contributed by atoms with Crippen molar-refractivity contribution in [3.8, 4) is 90.6 Å². The summed E-state index contributed by atoms with van der Waals surface area (Å²) in [6, 6.07) is 176. The van der Waals surface area contributed by atoms with Crippen LogP contribution in [-0.2, 0) is 0 Å². The van der Waals surface area contributed by atoms with Gasteiger partial charge in [0.05, 0.1) is 83.0 Å². The number of nitrogens with zero attached hydrogens (tertiary/aromatic N) is 8. The minimum atomic E-state index is 0.620. The Hall–Kier alpha value is -19.3. The van der Waals surface area contributed by atoms with Gasteiger partial charge in [0.2, 0.25) is 11.9 Å². The Morgan fingerprint density at radius 3 is 0.815 bits per heavy atom. The molecule has 0 amide bonds. The zero-order valence-electron chi connectivity index (χ0n) is 78.6. The molecule has 8 heterocycles. The molecule has 0 aliphatic heterocycles. The van der Waals surface area contributed by atoms with E-state index in [1.165, 1.54) is 129 Å². The molecule has 10 heteroatoms. The maximum atomic E-state index is 6.60. The van der Waals surface area contributed by atoms with Crippen molar-refractivity contribution in [1.82, 2.24) is 38.2 Å². The number of aromatic nitrogens is 8. The lowest BCUT2D eigenvalue weighted by molar-refractivity contribution is 0.666. The molecule has 0 bridgehead atoms. The molecular formula is C136H80N8OS. The van der Waals surface area contributed by atoms with Gasteiger partial charge in [0.1, 0.15) is 5.58 Å². The average molecular weight is 1870 g/mol. The van der Waals surface area contributed by atoms with Gasteiger partial charge in [-0.15, -0.1) is 11.3 Å². The SMILES string of the molecule is c1ccc2c(c1)cc(-c1cc(-c3cc4ccccc4c4ccccc34)nc(-n3c4ccccc4c4cc(-c5ccc6c(c5)c5ccccc5n6-c5cccc6c5oc5ccccc56)ccc43)n1)c1ccccc12.c1ccc2c(c1)cc(-c1cc(-c3cc4ccccc4c4ccccc34)nc(-n3c4ccccc4c4cc(-c5ccc6c(c5)c5ccccc5n6-c5cccc6c5sc5ccccc56)ccc43)n1)c1ccccc12. The molecule has 0 aliphatic rings. The van der Waals surface area contributed by atoms with E-state index in [1.54, 1.807) is 0 Å². The molecular weight excluding hydrogens is 1790 g/mol. The number of benzene rings is 24. The van der Waals surface area contributed by atoms with Crippen LogP contribution in [0.25, 0.3) is 306 Å². The first kappa shape index (κ1) is 81.6. The van der Waals surface area contributed by atoms with Crippen molar-refractivity contribution in [1.29, 1.82) is 0 Å². The van der Waals surface area contributed by atoms with Gasteiger partial charge < -0.3 is 13.6 Å². The van der Waals surface area contributed by atoms with Gasteiger partial charge in [0.25, 0.3) is 0 Å². The van der Waals surface area contributed by atoms with E-state index in [1.807, 2.05) is 17.4 Å². The minimum Gasteiger partial charge on any atom is -0.454 e. The van der Waals surface area contributed by atoms with Crippen LogP contribution >= 0.6 is 11.3 Å². The minimum absolute atomic E-state index is 0.620. The molecule has 0 fully saturated rings. The molecule has 24 aromatic carbocycles. The normalized spacial score (nSPS) is 12.1. The average Bonchev–Trinajstić information content (AvgIpc) is 1.62. The number of hydrogen-bond acceptors (Lipinski definition) is 6. The highest BCUT2D eigenvalue weighted by molar-refractivity contribution is 7.26. The lowest BCUT2D eigenvalue weighted by atomic mass is 9.93. The molecule has 0 N–H and O–H groups in total. The fourth-order valence-corrected chi connectivity index (χ4v) is 25.3. The van der Waals surface area contributed by atoms with Gasteiger partial charge in [-0.1, -0.05) is 352 Å². The maximum absolute atomic E-state index is 6.60. The molecule has 32 rings (SSSR count). The third-order valence-electron chi connectivity index (χ3n) is 30.6. The Kier molecular flexibility index (Phi) is 18.0. The number of hydrogen-bond donors (Lipinski definition) is 0. The van der Waals surface area contributed by atoms with Crippen LogP contribution in [-0.4, -0.2) is 38.2 Å². The Bertz CT molecular complexity index is 10300. The smallest absolute Gasteiger partial charge is 0.235 e. The van der Waals surface area contributed by atoms with E-state index >= 15 is 0 Å². The van der Waals surface area contributed by atoms with E-state index in [9.17, 15) is 0 Å². The number of thiophene rings is 1. The number of rotatable bonds is 10. The summed E-state index contributed by atoms with van der Waals surface area (Å²) in [5, 5.41) is 33.3. The van der Waals surface area contributed by atoms with Crippen molar-refractivity contribution in [2.45, 2.75) is 0 Å². The summed E-state index contributed by atoms with van der Waals surface area (Å²) in [4.78, 5) is 22.5. The van der Waals surface area contributed by atoms with Crippen molar-refractivity contribution < 1.29 is 4.42 Å². The quantitative estimate of drug-likeness (QED) is 0.127. The summed E-state index contributed by atoms with van der Waals surface area (Å²) in [5.74, 6) is 1.25. The Morgan fingerprint density at radius 1 is 0.171 bits per heavy atom. The zero-order valence-corrected chi connectivity index (χ0v) is 79.4. The number of fused-ring (bicyclic) bond motifs is 30. The van der Waals surface area contributed by atoms with E-state index in [-0.39, 0.29) is 0 Å². The fraction of sp³-hybridized carbons (Fsp3) is 0. The van der Waals surface area contributed by atoms with Gasteiger partial charge in [-0.3, -0.25) is 9.13 Å². The second-order valence-corrected chi connectivity index (χ2v) is 39.5. The van der Waals surface area contributed by atoms with E-state index in [0.717, 1.165) is 166 Å². The first-order valence-electron chi connectivity index (χ1n) is 49.8. The van der Waals surface area contributed by atoms with E-state index in [4.69, 9.17) is 24.4 Å². The van der Waals surface area contributed by atoms with Crippen LogP contribution in [0.2, 0.25) is 0 Å². The van der Waals surface area contributed by atoms with Crippen LogP contribution in [0.15, 0.2) is 490 Å². The van der Waals surface area contributed by atoms with E-state index in [0.29, 0.717) is 11.9 Å². The summed E-state index contributed by atoms with van der Waals surface area (Å²) >= 11 is 1.87. The van der Waals surface area contributed by atoms with Crippen molar-refractivity contribution in [2.75, 3.05) is 0 Å². The summed E-state index contributed by atoms with van der Waals surface area (Å²) < 4.78 is 18.6. The summed E-state index contributed by atoms with van der Waals surface area (Å²) in [6.45, 7) is 0. The third kappa shape index (κ3) is 12.5. The Balaban J connectivity index is 0.000000133. The lowest BCUT2D eigenvalue weighted by Gasteiger charge is -2.16. The van der Waals surface area contributed by atoms with Crippen molar-refractivity contribution in [3.63, 3.8) is 0 Å².